The van der Waals surface area contributed by atoms with Gasteiger partial charge in [0.25, 0.3) is 0 Å². The molecule has 0 radical (unpaired) electrons. The molecule has 0 saturated heterocycles. The minimum Gasteiger partial charge on any atom is -0.465 e. The summed E-state index contributed by atoms with van der Waals surface area (Å²) in [5.74, 6) is -0.756. The van der Waals surface area contributed by atoms with Crippen molar-refractivity contribution in [3.8, 4) is 5.69 Å². The minimum absolute atomic E-state index is 0.0560. The minimum atomic E-state index is -4.81. The summed E-state index contributed by atoms with van der Waals surface area (Å²) < 4.78 is 55.6. The fourth-order valence-corrected chi connectivity index (χ4v) is 3.71. The molecule has 4 aromatic rings. The van der Waals surface area contributed by atoms with Crippen LogP contribution in [0, 0.1) is 5.82 Å². The van der Waals surface area contributed by atoms with Gasteiger partial charge in [0.15, 0.2) is 0 Å². The molecule has 0 aliphatic carbocycles. The number of carbonyl (C=O) groups is 2. The molecule has 36 heavy (non-hydrogen) atoms. The van der Waals surface area contributed by atoms with Crippen molar-refractivity contribution in [2.45, 2.75) is 6.18 Å². The molecule has 0 aliphatic rings. The number of rotatable bonds is 4. The Balaban J connectivity index is 1.55. The molecule has 3 amide bonds. The van der Waals surface area contributed by atoms with Crippen LogP contribution in [0.4, 0.5) is 44.2 Å². The number of hydrogen-bond donors (Lipinski definition) is 4. The van der Waals surface area contributed by atoms with Gasteiger partial charge in [-0.25, -0.2) is 14.0 Å². The van der Waals surface area contributed by atoms with Crippen LogP contribution in [0.5, 0.6) is 0 Å². The summed E-state index contributed by atoms with van der Waals surface area (Å²) in [6.45, 7) is 0. The fraction of sp³-hybridized carbons (Fsp3) is 0.0435. The third-order valence-corrected chi connectivity index (χ3v) is 5.42. The molecule has 186 valence electrons. The zero-order chi connectivity index (χ0) is 26.2. The van der Waals surface area contributed by atoms with Crippen LogP contribution in [0.1, 0.15) is 5.56 Å². The van der Waals surface area contributed by atoms with Gasteiger partial charge in [-0.05, 0) is 60.7 Å². The summed E-state index contributed by atoms with van der Waals surface area (Å²) >= 11 is 5.54. The van der Waals surface area contributed by atoms with Gasteiger partial charge in [0.2, 0.25) is 0 Å². The van der Waals surface area contributed by atoms with E-state index < -0.39 is 40.4 Å². The monoisotopic (exact) mass is 522 g/mol. The Morgan fingerprint density at radius 1 is 0.944 bits per heavy atom. The fourth-order valence-electron chi connectivity index (χ4n) is 3.49. The van der Waals surface area contributed by atoms with Crippen LogP contribution in [0.25, 0.3) is 16.6 Å². The SMILES string of the molecule is O=C(O)Nc1ccc2c(ccn2-c2ccc(NC(=O)N(O)c3ccc(Cl)c(C(F)(F)F)c3)cc2F)c1. The van der Waals surface area contributed by atoms with E-state index in [0.717, 1.165) is 18.2 Å². The molecule has 13 heteroatoms. The van der Waals surface area contributed by atoms with Gasteiger partial charge in [0, 0.05) is 23.0 Å². The van der Waals surface area contributed by atoms with Crippen LogP contribution in [0.2, 0.25) is 5.02 Å². The number of carboxylic acid groups (broad SMARTS) is 1. The maximum absolute atomic E-state index is 14.9. The Morgan fingerprint density at radius 2 is 1.64 bits per heavy atom. The van der Waals surface area contributed by atoms with Crippen molar-refractivity contribution in [2.24, 2.45) is 0 Å². The van der Waals surface area contributed by atoms with E-state index in [2.05, 4.69) is 10.6 Å². The average Bonchev–Trinajstić information content (AvgIpc) is 3.20. The number of aromatic nitrogens is 1. The molecule has 0 unspecified atom stereocenters. The van der Waals surface area contributed by atoms with Crippen LogP contribution in [-0.4, -0.2) is 27.0 Å². The zero-order valence-electron chi connectivity index (χ0n) is 17.8. The van der Waals surface area contributed by atoms with Gasteiger partial charge in [-0.3, -0.25) is 10.5 Å². The topological polar surface area (TPSA) is 107 Å². The highest BCUT2D eigenvalue weighted by atomic mass is 35.5. The van der Waals surface area contributed by atoms with Gasteiger partial charge in [-0.15, -0.1) is 0 Å². The second-order valence-corrected chi connectivity index (χ2v) is 7.87. The molecule has 0 saturated carbocycles. The normalized spacial score (nSPS) is 11.4. The molecular formula is C23H15ClF4N4O4. The maximum atomic E-state index is 14.9. The Morgan fingerprint density at radius 3 is 2.31 bits per heavy atom. The molecule has 0 bridgehead atoms. The Kier molecular flexibility index (Phi) is 6.48. The first-order valence-corrected chi connectivity index (χ1v) is 10.4. The molecule has 0 fully saturated rings. The summed E-state index contributed by atoms with van der Waals surface area (Å²) in [7, 11) is 0. The van der Waals surface area contributed by atoms with E-state index >= 15 is 0 Å². The summed E-state index contributed by atoms with van der Waals surface area (Å²) in [6.07, 6.45) is -4.46. The smallest absolute Gasteiger partial charge is 0.417 e. The van der Waals surface area contributed by atoms with E-state index in [-0.39, 0.29) is 16.4 Å². The number of urea groups is 1. The summed E-state index contributed by atoms with van der Waals surface area (Å²) in [6, 6.07) is 11.1. The van der Waals surface area contributed by atoms with Crippen LogP contribution in [0.15, 0.2) is 66.9 Å². The van der Waals surface area contributed by atoms with E-state index in [9.17, 15) is 32.4 Å². The Labute approximate surface area is 204 Å². The van der Waals surface area contributed by atoms with Crippen molar-refractivity contribution in [2.75, 3.05) is 15.7 Å². The van der Waals surface area contributed by atoms with Gasteiger partial charge in [-0.2, -0.15) is 18.2 Å². The second-order valence-electron chi connectivity index (χ2n) is 7.46. The van der Waals surface area contributed by atoms with Crippen molar-refractivity contribution in [3.63, 3.8) is 0 Å². The number of hydrogen-bond acceptors (Lipinski definition) is 3. The third-order valence-electron chi connectivity index (χ3n) is 5.09. The van der Waals surface area contributed by atoms with Crippen molar-refractivity contribution < 1.29 is 37.5 Å². The first-order valence-electron chi connectivity index (χ1n) is 10.0. The Bertz CT molecular complexity index is 1490. The molecule has 3 aromatic carbocycles. The number of nitrogens with zero attached hydrogens (tertiary/aromatic N) is 2. The number of hydroxylamine groups is 1. The first kappa shape index (κ1) is 24.8. The summed E-state index contributed by atoms with van der Waals surface area (Å²) in [5.41, 5.74) is -0.801. The molecule has 0 atom stereocenters. The number of amides is 3. The van der Waals surface area contributed by atoms with Gasteiger partial charge in [-0.1, -0.05) is 11.6 Å². The maximum Gasteiger partial charge on any atom is 0.417 e. The molecule has 0 aliphatic heterocycles. The quantitative estimate of drug-likeness (QED) is 0.132. The highest BCUT2D eigenvalue weighted by Gasteiger charge is 2.34. The zero-order valence-corrected chi connectivity index (χ0v) is 18.6. The predicted molar refractivity (Wildman–Crippen MR) is 125 cm³/mol. The molecule has 1 aromatic heterocycles. The lowest BCUT2D eigenvalue weighted by molar-refractivity contribution is -0.137. The Hall–Kier alpha value is -4.29. The summed E-state index contributed by atoms with van der Waals surface area (Å²) in [5, 5.41) is 23.3. The lowest BCUT2D eigenvalue weighted by atomic mass is 10.2. The molecule has 4 rings (SSSR count). The number of carbonyl (C=O) groups excluding carboxylic acids is 1. The highest BCUT2D eigenvalue weighted by molar-refractivity contribution is 6.31. The number of fused-ring (bicyclic) bond motifs is 1. The molecule has 0 spiro atoms. The third kappa shape index (κ3) is 5.04. The van der Waals surface area contributed by atoms with Crippen molar-refractivity contribution in [1.82, 2.24) is 4.57 Å². The largest absolute Gasteiger partial charge is 0.465 e. The second kappa shape index (κ2) is 9.40. The van der Waals surface area contributed by atoms with Crippen molar-refractivity contribution >= 4 is 51.7 Å². The molecule has 4 N–H and O–H groups in total. The summed E-state index contributed by atoms with van der Waals surface area (Å²) in [4.78, 5) is 23.2. The van der Waals surface area contributed by atoms with Crippen LogP contribution in [0.3, 0.4) is 0 Å². The number of anilines is 3. The molecule has 1 heterocycles. The van der Waals surface area contributed by atoms with Crippen LogP contribution in [-0.2, 0) is 6.18 Å². The van der Waals surface area contributed by atoms with Crippen LogP contribution < -0.4 is 15.7 Å². The lowest BCUT2D eigenvalue weighted by Crippen LogP contribution is -2.32. The molecule has 8 nitrogen and oxygen atoms in total. The first-order chi connectivity index (χ1) is 16.9. The molecular weight excluding hydrogens is 508 g/mol. The van der Waals surface area contributed by atoms with Crippen LogP contribution >= 0.6 is 11.6 Å². The predicted octanol–water partition coefficient (Wildman–Crippen LogP) is 6.96. The van der Waals surface area contributed by atoms with E-state index in [4.69, 9.17) is 16.7 Å². The van der Waals surface area contributed by atoms with Gasteiger partial charge in [0.1, 0.15) is 5.82 Å². The number of alkyl halides is 3. The van der Waals surface area contributed by atoms with E-state index in [1.165, 1.54) is 22.8 Å². The number of halogens is 5. The standard InChI is InChI=1S/C23H15ClF4N4O4/c24-17-4-3-15(11-16(17)23(26,27)28)32(36)21(33)29-14-2-6-20(18(25)10-14)31-8-7-12-9-13(30-22(34)35)1-5-19(12)31/h1-11,30,36H,(H,29,33)(H,34,35). The van der Waals surface area contributed by atoms with E-state index in [1.807, 2.05) is 0 Å². The number of benzene rings is 3. The number of nitrogens with one attached hydrogen (secondary N) is 2. The van der Waals surface area contributed by atoms with Gasteiger partial charge in [0.05, 0.1) is 27.5 Å². The van der Waals surface area contributed by atoms with E-state index in [0.29, 0.717) is 22.7 Å². The highest BCUT2D eigenvalue weighted by Crippen LogP contribution is 2.37. The van der Waals surface area contributed by atoms with Gasteiger partial charge < -0.3 is 15.0 Å². The average molecular weight is 523 g/mol. The van der Waals surface area contributed by atoms with E-state index in [1.54, 1.807) is 24.4 Å². The van der Waals surface area contributed by atoms with Crippen molar-refractivity contribution in [1.29, 1.82) is 0 Å². The van der Waals surface area contributed by atoms with Crippen molar-refractivity contribution in [3.05, 3.63) is 83.3 Å². The lowest BCUT2D eigenvalue weighted by Gasteiger charge is -2.18. The van der Waals surface area contributed by atoms with Gasteiger partial charge >= 0.3 is 18.3 Å².